The summed E-state index contributed by atoms with van der Waals surface area (Å²) in [5.41, 5.74) is 6.99. The van der Waals surface area contributed by atoms with Crippen molar-refractivity contribution in [1.29, 1.82) is 0 Å². The quantitative estimate of drug-likeness (QED) is 0.909. The zero-order valence-electron chi connectivity index (χ0n) is 11.4. The van der Waals surface area contributed by atoms with E-state index in [0.29, 0.717) is 22.9 Å². The smallest absolute Gasteiger partial charge is 0.287 e. The van der Waals surface area contributed by atoms with Gasteiger partial charge in [0.05, 0.1) is 5.02 Å². The van der Waals surface area contributed by atoms with Gasteiger partial charge in [-0.3, -0.25) is 4.79 Å². The fraction of sp³-hybridized carbons (Fsp3) is 0.357. The van der Waals surface area contributed by atoms with E-state index in [1.165, 1.54) is 0 Å². The predicted molar refractivity (Wildman–Crippen MR) is 83.8 cm³/mol. The normalized spacial score (nSPS) is 12.0. The second-order valence-electron chi connectivity index (χ2n) is 4.69. The molecular weight excluding hydrogens is 299 g/mol. The fourth-order valence-electron chi connectivity index (χ4n) is 1.92. The van der Waals surface area contributed by atoms with Crippen LogP contribution in [-0.2, 0) is 0 Å². The van der Waals surface area contributed by atoms with Crippen LogP contribution in [0, 0.1) is 6.92 Å². The number of nitrogens with one attached hydrogen (secondary N) is 1. The summed E-state index contributed by atoms with van der Waals surface area (Å²) in [6, 6.07) is 5.53. The summed E-state index contributed by atoms with van der Waals surface area (Å²) in [6.07, 6.45) is 0.728. The van der Waals surface area contributed by atoms with Crippen LogP contribution in [-0.4, -0.2) is 18.5 Å². The van der Waals surface area contributed by atoms with E-state index in [4.69, 9.17) is 21.8 Å². The molecule has 2 rings (SSSR count). The van der Waals surface area contributed by atoms with Crippen LogP contribution in [0.25, 0.3) is 11.0 Å². The highest BCUT2D eigenvalue weighted by atomic mass is 35.5. The number of hydrogen-bond acceptors (Lipinski definition) is 3. The van der Waals surface area contributed by atoms with Crippen molar-refractivity contribution < 1.29 is 9.21 Å². The maximum atomic E-state index is 12.0. The molecule has 6 heteroatoms. The van der Waals surface area contributed by atoms with Crippen molar-refractivity contribution in [2.24, 2.45) is 5.73 Å². The van der Waals surface area contributed by atoms with Crippen molar-refractivity contribution >= 4 is 40.9 Å². The SMILES string of the molecule is Cc1c(C(=O)NCCC(C)N)oc2c(Cl)cccc12.Cl. The Bertz CT molecular complexity index is 608. The fourth-order valence-corrected chi connectivity index (χ4v) is 2.13. The molecule has 0 bridgehead atoms. The molecule has 0 fully saturated rings. The molecule has 20 heavy (non-hydrogen) atoms. The molecule has 4 nitrogen and oxygen atoms in total. The minimum absolute atomic E-state index is 0. The van der Waals surface area contributed by atoms with E-state index in [1.54, 1.807) is 6.07 Å². The molecule has 3 N–H and O–H groups in total. The zero-order chi connectivity index (χ0) is 14.0. The number of fused-ring (bicyclic) bond motifs is 1. The van der Waals surface area contributed by atoms with Gasteiger partial charge in [0.25, 0.3) is 5.91 Å². The minimum atomic E-state index is -0.231. The standard InChI is InChI=1S/C14H17ClN2O2.ClH/c1-8(16)6-7-17-14(18)12-9(2)10-4-3-5-11(15)13(10)19-12;/h3-5,8H,6-7,16H2,1-2H3,(H,17,18);1H. The third-order valence-corrected chi connectivity index (χ3v) is 3.30. The average molecular weight is 317 g/mol. The Morgan fingerprint density at radius 3 is 2.80 bits per heavy atom. The van der Waals surface area contributed by atoms with Gasteiger partial charge in [0.2, 0.25) is 0 Å². The molecular formula is C14H18Cl2N2O2. The molecule has 0 aliphatic carbocycles. The summed E-state index contributed by atoms with van der Waals surface area (Å²) >= 11 is 6.05. The largest absolute Gasteiger partial charge is 0.449 e. The summed E-state index contributed by atoms with van der Waals surface area (Å²) in [4.78, 5) is 12.0. The molecule has 1 atom stereocenters. The molecule has 0 aliphatic rings. The Labute approximate surface area is 129 Å². The molecule has 0 aliphatic heterocycles. The lowest BCUT2D eigenvalue weighted by Crippen LogP contribution is -2.29. The number of rotatable bonds is 4. The summed E-state index contributed by atoms with van der Waals surface area (Å²) < 4.78 is 5.57. The van der Waals surface area contributed by atoms with Gasteiger partial charge in [-0.05, 0) is 26.3 Å². The van der Waals surface area contributed by atoms with Gasteiger partial charge < -0.3 is 15.5 Å². The highest BCUT2D eigenvalue weighted by molar-refractivity contribution is 6.35. The Morgan fingerprint density at radius 1 is 1.50 bits per heavy atom. The van der Waals surface area contributed by atoms with Crippen LogP contribution in [0.4, 0.5) is 0 Å². The number of para-hydroxylation sites is 1. The van der Waals surface area contributed by atoms with Gasteiger partial charge >= 0.3 is 0 Å². The minimum Gasteiger partial charge on any atom is -0.449 e. The van der Waals surface area contributed by atoms with Crippen LogP contribution in [0.15, 0.2) is 22.6 Å². The summed E-state index contributed by atoms with van der Waals surface area (Å²) in [7, 11) is 0. The lowest BCUT2D eigenvalue weighted by Gasteiger charge is -2.06. The Kier molecular flexibility index (Phi) is 5.87. The van der Waals surface area contributed by atoms with Crippen LogP contribution in [0.1, 0.15) is 29.5 Å². The molecule has 110 valence electrons. The van der Waals surface area contributed by atoms with Crippen molar-refractivity contribution in [1.82, 2.24) is 5.32 Å². The van der Waals surface area contributed by atoms with Crippen molar-refractivity contribution in [3.63, 3.8) is 0 Å². The number of hydrogen-bond donors (Lipinski definition) is 2. The van der Waals surface area contributed by atoms with E-state index >= 15 is 0 Å². The third kappa shape index (κ3) is 3.45. The lowest BCUT2D eigenvalue weighted by molar-refractivity contribution is 0.0926. The van der Waals surface area contributed by atoms with Crippen LogP contribution in [0.3, 0.4) is 0 Å². The predicted octanol–water partition coefficient (Wildman–Crippen LogP) is 3.28. The van der Waals surface area contributed by atoms with Gasteiger partial charge in [-0.2, -0.15) is 0 Å². The summed E-state index contributed by atoms with van der Waals surface area (Å²) in [5.74, 6) is 0.0817. The molecule has 0 saturated carbocycles. The Morgan fingerprint density at radius 2 is 2.20 bits per heavy atom. The molecule has 1 heterocycles. The molecule has 1 amide bonds. The van der Waals surface area contributed by atoms with Gasteiger partial charge in [-0.15, -0.1) is 12.4 Å². The first kappa shape index (κ1) is 16.8. The molecule has 1 aromatic carbocycles. The number of benzene rings is 1. The third-order valence-electron chi connectivity index (χ3n) is 3.01. The van der Waals surface area contributed by atoms with E-state index < -0.39 is 0 Å². The van der Waals surface area contributed by atoms with E-state index in [1.807, 2.05) is 26.0 Å². The lowest BCUT2D eigenvalue weighted by atomic mass is 10.1. The van der Waals surface area contributed by atoms with Gasteiger partial charge in [0.1, 0.15) is 0 Å². The van der Waals surface area contributed by atoms with Gasteiger partial charge in [-0.1, -0.05) is 23.7 Å². The molecule has 1 unspecified atom stereocenters. The first-order valence-electron chi connectivity index (χ1n) is 6.22. The number of carbonyl (C=O) groups excluding carboxylic acids is 1. The van der Waals surface area contributed by atoms with Crippen molar-refractivity contribution in [2.45, 2.75) is 26.3 Å². The number of carbonyl (C=O) groups is 1. The maximum Gasteiger partial charge on any atom is 0.287 e. The highest BCUT2D eigenvalue weighted by Crippen LogP contribution is 2.30. The monoisotopic (exact) mass is 316 g/mol. The average Bonchev–Trinajstić information content (AvgIpc) is 2.68. The Balaban J connectivity index is 0.00000200. The van der Waals surface area contributed by atoms with Gasteiger partial charge in [0.15, 0.2) is 11.3 Å². The number of aryl methyl sites for hydroxylation is 1. The number of amides is 1. The molecule has 1 aromatic heterocycles. The Hall–Kier alpha value is -1.23. The topological polar surface area (TPSA) is 68.3 Å². The first-order valence-corrected chi connectivity index (χ1v) is 6.60. The first-order chi connectivity index (χ1) is 9.00. The highest BCUT2D eigenvalue weighted by Gasteiger charge is 2.18. The van der Waals surface area contributed by atoms with Crippen molar-refractivity contribution in [2.75, 3.05) is 6.54 Å². The molecule has 0 radical (unpaired) electrons. The van der Waals surface area contributed by atoms with Crippen molar-refractivity contribution in [3.05, 3.63) is 34.5 Å². The maximum absolute atomic E-state index is 12.0. The second kappa shape index (κ2) is 6.97. The van der Waals surface area contributed by atoms with E-state index in [9.17, 15) is 4.79 Å². The van der Waals surface area contributed by atoms with E-state index in [-0.39, 0.29) is 24.4 Å². The molecule has 0 saturated heterocycles. The van der Waals surface area contributed by atoms with E-state index in [0.717, 1.165) is 17.4 Å². The zero-order valence-corrected chi connectivity index (χ0v) is 13.0. The van der Waals surface area contributed by atoms with E-state index in [2.05, 4.69) is 5.32 Å². The number of furan rings is 1. The van der Waals surface area contributed by atoms with Gasteiger partial charge in [-0.25, -0.2) is 0 Å². The second-order valence-corrected chi connectivity index (χ2v) is 5.10. The molecule has 2 aromatic rings. The van der Waals surface area contributed by atoms with Crippen LogP contribution >= 0.6 is 24.0 Å². The number of nitrogens with two attached hydrogens (primary N) is 1. The molecule has 0 spiro atoms. The van der Waals surface area contributed by atoms with Crippen molar-refractivity contribution in [3.8, 4) is 0 Å². The summed E-state index contributed by atoms with van der Waals surface area (Å²) in [6.45, 7) is 4.28. The van der Waals surface area contributed by atoms with Crippen LogP contribution < -0.4 is 11.1 Å². The van der Waals surface area contributed by atoms with Crippen LogP contribution in [0.2, 0.25) is 5.02 Å². The summed E-state index contributed by atoms with van der Waals surface area (Å²) in [5, 5.41) is 4.17. The number of halogens is 2. The van der Waals surface area contributed by atoms with Gasteiger partial charge in [0, 0.05) is 23.5 Å². The van der Waals surface area contributed by atoms with Crippen LogP contribution in [0.5, 0.6) is 0 Å².